The van der Waals surface area contributed by atoms with Gasteiger partial charge in [0.05, 0.1) is 0 Å². The summed E-state index contributed by atoms with van der Waals surface area (Å²) in [7, 11) is -3.43. The van der Waals surface area contributed by atoms with Crippen LogP contribution < -0.4 is 0 Å². The molecular formula is C12H9N3O2S2. The second-order valence-electron chi connectivity index (χ2n) is 4.03. The molecule has 1 aromatic carbocycles. The normalized spacial score (nSPS) is 11.8. The molecule has 3 aromatic rings. The monoisotopic (exact) mass is 291 g/mol. The van der Waals surface area contributed by atoms with Gasteiger partial charge in [0.1, 0.15) is 10.3 Å². The van der Waals surface area contributed by atoms with Gasteiger partial charge in [-0.2, -0.15) is 0 Å². The first kappa shape index (κ1) is 12.2. The number of hydrogen-bond donors (Lipinski definition) is 0. The SMILES string of the molecule is CS(=O)(=O)c1nnc2cc(-c3ccccc3)sc2n1. The Balaban J connectivity index is 2.17. The number of nitrogens with zero attached hydrogens (tertiary/aromatic N) is 3. The second kappa shape index (κ2) is 4.36. The van der Waals surface area contributed by atoms with Gasteiger partial charge < -0.3 is 0 Å². The summed E-state index contributed by atoms with van der Waals surface area (Å²) in [6, 6.07) is 11.7. The van der Waals surface area contributed by atoms with Crippen LogP contribution in [0.5, 0.6) is 0 Å². The third kappa shape index (κ3) is 2.34. The third-order valence-corrected chi connectivity index (χ3v) is 4.43. The van der Waals surface area contributed by atoms with Crippen molar-refractivity contribution in [1.82, 2.24) is 15.2 Å². The van der Waals surface area contributed by atoms with E-state index in [0.29, 0.717) is 10.3 Å². The minimum absolute atomic E-state index is 0.235. The fourth-order valence-electron chi connectivity index (χ4n) is 1.63. The number of thiophene rings is 1. The maximum absolute atomic E-state index is 11.4. The highest BCUT2D eigenvalue weighted by atomic mass is 32.2. The molecule has 0 aliphatic heterocycles. The predicted octanol–water partition coefficient (Wildman–Crippen LogP) is 2.16. The molecule has 2 heterocycles. The highest BCUT2D eigenvalue weighted by molar-refractivity contribution is 7.90. The largest absolute Gasteiger partial charge is 0.268 e. The van der Waals surface area contributed by atoms with E-state index in [4.69, 9.17) is 0 Å². The molecule has 0 bridgehead atoms. The molecule has 0 aliphatic rings. The molecule has 0 unspecified atom stereocenters. The summed E-state index contributed by atoms with van der Waals surface area (Å²) in [6.45, 7) is 0. The first-order chi connectivity index (χ1) is 9.04. The van der Waals surface area contributed by atoms with Gasteiger partial charge in [0.2, 0.25) is 9.84 Å². The van der Waals surface area contributed by atoms with E-state index in [1.807, 2.05) is 36.4 Å². The Morgan fingerprint density at radius 1 is 1.11 bits per heavy atom. The smallest absolute Gasteiger partial charge is 0.221 e. The average Bonchev–Trinajstić information content (AvgIpc) is 2.81. The standard InChI is InChI=1S/C12H9N3O2S2/c1-19(16,17)12-13-11-9(14-15-12)7-10(18-11)8-5-3-2-4-6-8/h2-7H,1H3. The van der Waals surface area contributed by atoms with E-state index in [-0.39, 0.29) is 5.16 Å². The zero-order chi connectivity index (χ0) is 13.5. The Kier molecular flexibility index (Phi) is 2.79. The van der Waals surface area contributed by atoms with Crippen LogP contribution in [0.2, 0.25) is 0 Å². The van der Waals surface area contributed by atoms with Crippen molar-refractivity contribution in [3.05, 3.63) is 36.4 Å². The number of rotatable bonds is 2. The molecule has 0 fully saturated rings. The van der Waals surface area contributed by atoms with Gasteiger partial charge in [0.25, 0.3) is 5.16 Å². The molecule has 0 saturated heterocycles. The van der Waals surface area contributed by atoms with E-state index < -0.39 is 9.84 Å². The summed E-state index contributed by atoms with van der Waals surface area (Å²) in [5, 5.41) is 7.32. The van der Waals surface area contributed by atoms with Crippen molar-refractivity contribution in [2.24, 2.45) is 0 Å². The van der Waals surface area contributed by atoms with Crippen molar-refractivity contribution in [2.75, 3.05) is 6.26 Å². The van der Waals surface area contributed by atoms with E-state index in [9.17, 15) is 8.42 Å². The van der Waals surface area contributed by atoms with Crippen LogP contribution in [0, 0.1) is 0 Å². The molecular weight excluding hydrogens is 282 g/mol. The zero-order valence-corrected chi connectivity index (χ0v) is 11.6. The summed E-state index contributed by atoms with van der Waals surface area (Å²) in [5.41, 5.74) is 1.66. The number of hydrogen-bond acceptors (Lipinski definition) is 6. The van der Waals surface area contributed by atoms with Gasteiger partial charge in [-0.15, -0.1) is 21.5 Å². The van der Waals surface area contributed by atoms with Crippen molar-refractivity contribution in [1.29, 1.82) is 0 Å². The minimum atomic E-state index is -3.43. The van der Waals surface area contributed by atoms with E-state index in [0.717, 1.165) is 16.7 Å². The lowest BCUT2D eigenvalue weighted by atomic mass is 10.2. The molecule has 0 amide bonds. The van der Waals surface area contributed by atoms with Crippen LogP contribution in [0.15, 0.2) is 41.6 Å². The van der Waals surface area contributed by atoms with Crippen molar-refractivity contribution < 1.29 is 8.42 Å². The highest BCUT2D eigenvalue weighted by Gasteiger charge is 2.14. The summed E-state index contributed by atoms with van der Waals surface area (Å²) < 4.78 is 22.8. The zero-order valence-electron chi connectivity index (χ0n) is 9.94. The van der Waals surface area contributed by atoms with Crippen LogP contribution in [0.25, 0.3) is 20.8 Å². The topological polar surface area (TPSA) is 72.8 Å². The van der Waals surface area contributed by atoms with Gasteiger partial charge in [-0.25, -0.2) is 13.4 Å². The Bertz CT molecular complexity index is 842. The fraction of sp³-hybridized carbons (Fsp3) is 0.0833. The molecule has 0 aliphatic carbocycles. The Morgan fingerprint density at radius 2 is 1.84 bits per heavy atom. The lowest BCUT2D eigenvalue weighted by molar-refractivity contribution is 0.591. The highest BCUT2D eigenvalue weighted by Crippen LogP contribution is 2.31. The molecule has 0 spiro atoms. The van der Waals surface area contributed by atoms with Crippen LogP contribution in [-0.2, 0) is 9.84 Å². The van der Waals surface area contributed by atoms with Crippen molar-refractivity contribution >= 4 is 31.5 Å². The molecule has 7 heteroatoms. The van der Waals surface area contributed by atoms with E-state index in [1.165, 1.54) is 11.3 Å². The van der Waals surface area contributed by atoms with Crippen LogP contribution in [0.4, 0.5) is 0 Å². The third-order valence-electron chi connectivity index (χ3n) is 2.52. The van der Waals surface area contributed by atoms with Crippen molar-refractivity contribution in [3.63, 3.8) is 0 Å². The fourth-order valence-corrected chi connectivity index (χ4v) is 3.10. The van der Waals surface area contributed by atoms with Gasteiger partial charge in [-0.05, 0) is 11.6 Å². The quantitative estimate of drug-likeness (QED) is 0.723. The molecule has 0 saturated carbocycles. The lowest BCUT2D eigenvalue weighted by Crippen LogP contribution is -2.04. The second-order valence-corrected chi connectivity index (χ2v) is 6.97. The van der Waals surface area contributed by atoms with E-state index in [1.54, 1.807) is 0 Å². The molecule has 3 rings (SSSR count). The lowest BCUT2D eigenvalue weighted by Gasteiger charge is -1.93. The molecule has 0 radical (unpaired) electrons. The Labute approximate surface area is 113 Å². The number of sulfone groups is 1. The maximum atomic E-state index is 11.4. The minimum Gasteiger partial charge on any atom is -0.221 e. The van der Waals surface area contributed by atoms with Crippen LogP contribution >= 0.6 is 11.3 Å². The Morgan fingerprint density at radius 3 is 2.53 bits per heavy atom. The van der Waals surface area contributed by atoms with Gasteiger partial charge >= 0.3 is 0 Å². The van der Waals surface area contributed by atoms with Crippen molar-refractivity contribution in [3.8, 4) is 10.4 Å². The summed E-state index contributed by atoms with van der Waals surface area (Å²) in [4.78, 5) is 5.62. The van der Waals surface area contributed by atoms with Crippen LogP contribution in [0.1, 0.15) is 0 Å². The number of benzene rings is 1. The summed E-state index contributed by atoms with van der Waals surface area (Å²) in [6.07, 6.45) is 1.07. The summed E-state index contributed by atoms with van der Waals surface area (Å²) in [5.74, 6) is 0. The molecule has 0 N–H and O–H groups in total. The van der Waals surface area contributed by atoms with E-state index >= 15 is 0 Å². The van der Waals surface area contributed by atoms with Gasteiger partial charge in [0, 0.05) is 11.1 Å². The molecule has 96 valence electrons. The van der Waals surface area contributed by atoms with E-state index in [2.05, 4.69) is 15.2 Å². The van der Waals surface area contributed by atoms with Crippen LogP contribution in [-0.4, -0.2) is 29.9 Å². The first-order valence-electron chi connectivity index (χ1n) is 5.44. The van der Waals surface area contributed by atoms with Crippen molar-refractivity contribution in [2.45, 2.75) is 5.16 Å². The Hall–Kier alpha value is -1.86. The van der Waals surface area contributed by atoms with Gasteiger partial charge in [-0.3, -0.25) is 0 Å². The number of fused-ring (bicyclic) bond motifs is 1. The summed E-state index contributed by atoms with van der Waals surface area (Å²) >= 11 is 1.40. The molecule has 0 atom stereocenters. The molecule has 2 aromatic heterocycles. The molecule has 19 heavy (non-hydrogen) atoms. The van der Waals surface area contributed by atoms with Gasteiger partial charge in [-0.1, -0.05) is 30.3 Å². The van der Waals surface area contributed by atoms with Gasteiger partial charge in [0.15, 0.2) is 0 Å². The maximum Gasteiger partial charge on any atom is 0.268 e. The first-order valence-corrected chi connectivity index (χ1v) is 8.14. The van der Waals surface area contributed by atoms with Crippen LogP contribution in [0.3, 0.4) is 0 Å². The molecule has 5 nitrogen and oxygen atoms in total. The number of aromatic nitrogens is 3. The average molecular weight is 291 g/mol. The predicted molar refractivity (Wildman–Crippen MR) is 73.8 cm³/mol.